The van der Waals surface area contributed by atoms with Crippen LogP contribution < -0.4 is 10.0 Å². The lowest BCUT2D eigenvalue weighted by molar-refractivity contribution is 0.601. The standard InChI is InChI=1S/C22H25N3O2S/c1-4-17-7-5-6-8-21(17)24-22-14-11-19(15-23-22)25-28(26,27)20-12-9-18(10-13-20)16(2)3/h5-16,25H,4H2,1-3H3,(H,23,24). The minimum atomic E-state index is -3.65. The molecule has 1 aromatic heterocycles. The fourth-order valence-electron chi connectivity index (χ4n) is 2.86. The Bertz CT molecular complexity index is 1030. The Morgan fingerprint density at radius 3 is 2.29 bits per heavy atom. The second kappa shape index (κ2) is 8.44. The fourth-order valence-corrected chi connectivity index (χ4v) is 3.91. The van der Waals surface area contributed by atoms with Gasteiger partial charge in [-0.05, 0) is 53.8 Å². The van der Waals surface area contributed by atoms with Crippen molar-refractivity contribution in [1.29, 1.82) is 0 Å². The molecule has 0 aliphatic carbocycles. The number of nitrogens with zero attached hydrogens (tertiary/aromatic N) is 1. The molecule has 2 N–H and O–H groups in total. The summed E-state index contributed by atoms with van der Waals surface area (Å²) >= 11 is 0. The third-order valence-corrected chi connectivity index (χ3v) is 5.93. The largest absolute Gasteiger partial charge is 0.340 e. The first kappa shape index (κ1) is 19.9. The molecule has 3 rings (SSSR count). The molecule has 1 heterocycles. The Labute approximate surface area is 166 Å². The Balaban J connectivity index is 1.72. The highest BCUT2D eigenvalue weighted by Gasteiger charge is 2.15. The summed E-state index contributed by atoms with van der Waals surface area (Å²) in [7, 11) is -3.65. The van der Waals surface area contributed by atoms with E-state index in [1.165, 1.54) is 11.8 Å². The number of pyridine rings is 1. The molecule has 0 aliphatic rings. The Morgan fingerprint density at radius 1 is 0.964 bits per heavy atom. The van der Waals surface area contributed by atoms with Crippen molar-refractivity contribution in [2.75, 3.05) is 10.0 Å². The van der Waals surface area contributed by atoms with E-state index in [2.05, 4.69) is 41.9 Å². The van der Waals surface area contributed by atoms with Gasteiger partial charge in [-0.15, -0.1) is 0 Å². The minimum absolute atomic E-state index is 0.232. The van der Waals surface area contributed by atoms with E-state index < -0.39 is 10.0 Å². The molecule has 0 radical (unpaired) electrons. The molecule has 0 aliphatic heterocycles. The highest BCUT2D eigenvalue weighted by molar-refractivity contribution is 7.92. The average Bonchev–Trinajstić information content (AvgIpc) is 2.70. The summed E-state index contributed by atoms with van der Waals surface area (Å²) in [6.07, 6.45) is 2.42. The molecule has 3 aromatic rings. The summed E-state index contributed by atoms with van der Waals surface area (Å²) in [5.74, 6) is 1.01. The second-order valence-electron chi connectivity index (χ2n) is 6.90. The molecule has 146 valence electrons. The molecule has 5 nitrogen and oxygen atoms in total. The van der Waals surface area contributed by atoms with E-state index >= 15 is 0 Å². The zero-order chi connectivity index (χ0) is 20.1. The number of anilines is 3. The molecule has 2 aromatic carbocycles. The summed E-state index contributed by atoms with van der Waals surface area (Å²) in [4.78, 5) is 4.56. The number of rotatable bonds is 7. The molecule has 0 spiro atoms. The van der Waals surface area contributed by atoms with Crippen molar-refractivity contribution in [2.45, 2.75) is 38.0 Å². The molecule has 0 saturated heterocycles. The predicted octanol–water partition coefficient (Wildman–Crippen LogP) is 5.31. The van der Waals surface area contributed by atoms with Crippen molar-refractivity contribution in [2.24, 2.45) is 0 Å². The van der Waals surface area contributed by atoms with Crippen LogP contribution in [0.4, 0.5) is 17.2 Å². The van der Waals surface area contributed by atoms with E-state index in [1.807, 2.05) is 30.3 Å². The van der Waals surface area contributed by atoms with Gasteiger partial charge in [-0.25, -0.2) is 13.4 Å². The first-order chi connectivity index (χ1) is 13.4. The summed E-state index contributed by atoms with van der Waals surface area (Å²) in [6.45, 7) is 6.24. The van der Waals surface area contributed by atoms with Gasteiger partial charge < -0.3 is 5.32 Å². The van der Waals surface area contributed by atoms with Crippen molar-refractivity contribution in [1.82, 2.24) is 4.98 Å². The van der Waals surface area contributed by atoms with Gasteiger partial charge in [0.1, 0.15) is 5.82 Å². The quantitative estimate of drug-likeness (QED) is 0.568. The van der Waals surface area contributed by atoms with Gasteiger partial charge in [0.2, 0.25) is 0 Å². The number of para-hydroxylation sites is 1. The normalized spacial score (nSPS) is 11.4. The SMILES string of the molecule is CCc1ccccc1Nc1ccc(NS(=O)(=O)c2ccc(C(C)C)cc2)cn1. The van der Waals surface area contributed by atoms with E-state index in [9.17, 15) is 8.42 Å². The minimum Gasteiger partial charge on any atom is -0.340 e. The van der Waals surface area contributed by atoms with Crippen molar-refractivity contribution >= 4 is 27.2 Å². The van der Waals surface area contributed by atoms with E-state index in [1.54, 1.807) is 24.3 Å². The van der Waals surface area contributed by atoms with Crippen LogP contribution in [0.2, 0.25) is 0 Å². The van der Waals surface area contributed by atoms with Gasteiger partial charge in [-0.2, -0.15) is 0 Å². The van der Waals surface area contributed by atoms with Crippen LogP contribution in [0.3, 0.4) is 0 Å². The van der Waals surface area contributed by atoms with Gasteiger partial charge >= 0.3 is 0 Å². The highest BCUT2D eigenvalue weighted by atomic mass is 32.2. The molecule has 0 bridgehead atoms. The maximum absolute atomic E-state index is 12.6. The van der Waals surface area contributed by atoms with Gasteiger partial charge in [-0.1, -0.05) is 51.1 Å². The monoisotopic (exact) mass is 395 g/mol. The fraction of sp³-hybridized carbons (Fsp3) is 0.227. The van der Waals surface area contributed by atoms with Crippen LogP contribution >= 0.6 is 0 Å². The van der Waals surface area contributed by atoms with Crippen LogP contribution in [0.1, 0.15) is 37.8 Å². The number of hydrogen-bond donors (Lipinski definition) is 2. The average molecular weight is 396 g/mol. The lowest BCUT2D eigenvalue weighted by atomic mass is 10.0. The van der Waals surface area contributed by atoms with Gasteiger partial charge in [0, 0.05) is 5.69 Å². The summed E-state index contributed by atoms with van der Waals surface area (Å²) in [6, 6.07) is 18.4. The van der Waals surface area contributed by atoms with Crippen LogP contribution in [-0.4, -0.2) is 13.4 Å². The highest BCUT2D eigenvalue weighted by Crippen LogP contribution is 2.23. The third-order valence-electron chi connectivity index (χ3n) is 4.53. The number of nitrogens with one attached hydrogen (secondary N) is 2. The number of aryl methyl sites for hydroxylation is 1. The van der Waals surface area contributed by atoms with Gasteiger partial charge in [0.15, 0.2) is 0 Å². The van der Waals surface area contributed by atoms with E-state index in [0.717, 1.165) is 17.7 Å². The molecule has 0 amide bonds. The van der Waals surface area contributed by atoms with E-state index in [4.69, 9.17) is 0 Å². The van der Waals surface area contributed by atoms with Crippen LogP contribution in [0.15, 0.2) is 71.8 Å². The Hall–Kier alpha value is -2.86. The Morgan fingerprint density at radius 2 is 1.68 bits per heavy atom. The second-order valence-corrected chi connectivity index (χ2v) is 8.58. The van der Waals surface area contributed by atoms with Crippen molar-refractivity contribution in [3.8, 4) is 0 Å². The summed E-state index contributed by atoms with van der Waals surface area (Å²) < 4.78 is 27.8. The molecule has 6 heteroatoms. The molecular formula is C22H25N3O2S. The third kappa shape index (κ3) is 4.70. The van der Waals surface area contributed by atoms with Gasteiger partial charge in [0.25, 0.3) is 10.0 Å². The maximum Gasteiger partial charge on any atom is 0.261 e. The molecular weight excluding hydrogens is 370 g/mol. The zero-order valence-electron chi connectivity index (χ0n) is 16.3. The predicted molar refractivity (Wildman–Crippen MR) is 115 cm³/mol. The number of hydrogen-bond acceptors (Lipinski definition) is 4. The van der Waals surface area contributed by atoms with E-state index in [-0.39, 0.29) is 4.90 Å². The molecule has 0 unspecified atom stereocenters. The molecule has 0 saturated carbocycles. The first-order valence-electron chi connectivity index (χ1n) is 9.33. The van der Waals surface area contributed by atoms with Gasteiger partial charge in [0.05, 0.1) is 16.8 Å². The first-order valence-corrected chi connectivity index (χ1v) is 10.8. The smallest absolute Gasteiger partial charge is 0.261 e. The number of benzene rings is 2. The molecule has 0 atom stereocenters. The lowest BCUT2D eigenvalue weighted by Crippen LogP contribution is -2.13. The van der Waals surface area contributed by atoms with Crippen LogP contribution in [0.5, 0.6) is 0 Å². The summed E-state index contributed by atoms with van der Waals surface area (Å²) in [5.41, 5.74) is 3.71. The topological polar surface area (TPSA) is 71.1 Å². The molecule has 28 heavy (non-hydrogen) atoms. The van der Waals surface area contributed by atoms with Crippen molar-refractivity contribution in [3.63, 3.8) is 0 Å². The van der Waals surface area contributed by atoms with Crippen LogP contribution in [-0.2, 0) is 16.4 Å². The zero-order valence-corrected chi connectivity index (χ0v) is 17.1. The van der Waals surface area contributed by atoms with Crippen LogP contribution in [0, 0.1) is 0 Å². The van der Waals surface area contributed by atoms with Gasteiger partial charge in [-0.3, -0.25) is 4.72 Å². The van der Waals surface area contributed by atoms with E-state index in [0.29, 0.717) is 17.4 Å². The number of sulfonamides is 1. The van der Waals surface area contributed by atoms with Crippen molar-refractivity contribution < 1.29 is 8.42 Å². The number of aromatic nitrogens is 1. The molecule has 0 fully saturated rings. The van der Waals surface area contributed by atoms with Crippen molar-refractivity contribution in [3.05, 3.63) is 78.0 Å². The lowest BCUT2D eigenvalue weighted by Gasteiger charge is -2.12. The maximum atomic E-state index is 12.6. The summed E-state index contributed by atoms with van der Waals surface area (Å²) in [5, 5.41) is 3.27. The Kier molecular flexibility index (Phi) is 5.99. The van der Waals surface area contributed by atoms with Crippen LogP contribution in [0.25, 0.3) is 0 Å².